The fourth-order valence-electron chi connectivity index (χ4n) is 12.8. The van der Waals surface area contributed by atoms with E-state index in [1.54, 1.807) is 0 Å². The summed E-state index contributed by atoms with van der Waals surface area (Å²) in [6.07, 6.45) is 66.8. The minimum absolute atomic E-state index is 0.108. The van der Waals surface area contributed by atoms with Crippen molar-refractivity contribution >= 4 is 39.5 Å². The highest BCUT2D eigenvalue weighted by atomic mass is 31.2. The molecule has 0 fully saturated rings. The first-order chi connectivity index (χ1) is 49.0. The number of phosphoric ester groups is 2. The van der Waals surface area contributed by atoms with Crippen LogP contribution in [0.2, 0.25) is 0 Å². The molecule has 101 heavy (non-hydrogen) atoms. The SMILES string of the molecule is CCCCCCCCCCCCCCCCCCCCC(=O)OC[C@H](COP(=O)(O)OC[C@@H](O)COP(=O)(O)OC[C@@H](COC(=O)CCCCCCCCC)OC(=O)CCCCCCCCCCCCCCCCC)OC(=O)CCCCCCCCCCCCCCCCCCCCC(C)C. The molecule has 0 radical (unpaired) electrons. The predicted octanol–water partition coefficient (Wildman–Crippen LogP) is 24.8. The van der Waals surface area contributed by atoms with Gasteiger partial charge in [-0.3, -0.25) is 37.3 Å². The number of phosphoric acid groups is 2. The van der Waals surface area contributed by atoms with Gasteiger partial charge in [0.1, 0.15) is 19.3 Å². The molecule has 0 aliphatic rings. The number of unbranched alkanes of at least 4 members (excludes halogenated alkanes) is 54. The monoisotopic (exact) mass is 1480 g/mol. The normalized spacial score (nSPS) is 13.8. The summed E-state index contributed by atoms with van der Waals surface area (Å²) in [4.78, 5) is 72.9. The van der Waals surface area contributed by atoms with Gasteiger partial charge in [-0.2, -0.15) is 0 Å². The fourth-order valence-corrected chi connectivity index (χ4v) is 14.3. The number of rotatable bonds is 82. The van der Waals surface area contributed by atoms with Crippen LogP contribution in [0.25, 0.3) is 0 Å². The second-order valence-electron chi connectivity index (χ2n) is 30.0. The average molecular weight is 1480 g/mol. The van der Waals surface area contributed by atoms with Crippen LogP contribution < -0.4 is 0 Å². The predicted molar refractivity (Wildman–Crippen MR) is 414 cm³/mol. The molecular formula is C82H160O17P2. The van der Waals surface area contributed by atoms with Crippen molar-refractivity contribution < 1.29 is 80.2 Å². The van der Waals surface area contributed by atoms with Crippen molar-refractivity contribution in [2.45, 2.75) is 457 Å². The van der Waals surface area contributed by atoms with Crippen LogP contribution in [-0.2, 0) is 65.4 Å². The Bertz CT molecular complexity index is 1930. The summed E-state index contributed by atoms with van der Waals surface area (Å²) < 4.78 is 68.6. The Labute approximate surface area is 619 Å². The standard InChI is InChI=1S/C82H160O17P2/c1-6-9-12-15-18-20-22-24-26-27-31-35-38-42-46-51-56-61-66-80(85)93-72-78(99-82(87)68-63-58-53-48-44-40-36-32-29-28-30-34-37-41-45-50-54-59-64-75(4)5)74-97-101(90,91)95-70-76(83)69-94-100(88,89)96-73-77(71-92-79(84)65-60-55-49-17-14-11-8-3)98-81(86)67-62-57-52-47-43-39-33-25-23-21-19-16-13-10-7-2/h75-78,83H,6-74H2,1-5H3,(H,88,89)(H,90,91)/t76-,77+,78+/m0/s1. The summed E-state index contributed by atoms with van der Waals surface area (Å²) in [6.45, 7) is 7.34. The van der Waals surface area contributed by atoms with Crippen molar-refractivity contribution in [1.29, 1.82) is 0 Å². The molecule has 0 heterocycles. The first-order valence-electron chi connectivity index (χ1n) is 42.6. The summed E-state index contributed by atoms with van der Waals surface area (Å²) in [5.41, 5.74) is 0. The number of ether oxygens (including phenoxy) is 4. The Hall–Kier alpha value is -1.94. The molecule has 17 nitrogen and oxygen atoms in total. The minimum Gasteiger partial charge on any atom is -0.462 e. The lowest BCUT2D eigenvalue weighted by Crippen LogP contribution is -2.30. The number of carbonyl (C=O) groups excluding carboxylic acids is 4. The third kappa shape index (κ3) is 76.1. The van der Waals surface area contributed by atoms with E-state index in [0.29, 0.717) is 25.7 Å². The molecule has 0 amide bonds. The number of carbonyl (C=O) groups is 4. The quantitative estimate of drug-likeness (QED) is 0.0222. The molecule has 0 aromatic carbocycles. The van der Waals surface area contributed by atoms with Gasteiger partial charge in [-0.05, 0) is 31.6 Å². The number of esters is 4. The van der Waals surface area contributed by atoms with Crippen LogP contribution in [0.3, 0.4) is 0 Å². The highest BCUT2D eigenvalue weighted by Crippen LogP contribution is 2.45. The number of hydrogen-bond donors (Lipinski definition) is 3. The Morgan fingerprint density at radius 1 is 0.267 bits per heavy atom. The summed E-state index contributed by atoms with van der Waals surface area (Å²) in [7, 11) is -9.91. The van der Waals surface area contributed by atoms with E-state index < -0.39 is 97.5 Å². The van der Waals surface area contributed by atoms with E-state index in [2.05, 4.69) is 34.6 Å². The summed E-state index contributed by atoms with van der Waals surface area (Å²) in [5.74, 6) is -1.29. The molecule has 0 aromatic rings. The molecule has 0 bridgehead atoms. The summed E-state index contributed by atoms with van der Waals surface area (Å²) in [5, 5.41) is 10.6. The maximum absolute atomic E-state index is 13.1. The van der Waals surface area contributed by atoms with E-state index in [4.69, 9.17) is 37.0 Å². The third-order valence-electron chi connectivity index (χ3n) is 19.3. The number of aliphatic hydroxyl groups is 1. The van der Waals surface area contributed by atoms with Crippen molar-refractivity contribution in [1.82, 2.24) is 0 Å². The zero-order valence-electron chi connectivity index (χ0n) is 66.1. The molecule has 0 spiro atoms. The highest BCUT2D eigenvalue weighted by Gasteiger charge is 2.30. The van der Waals surface area contributed by atoms with Gasteiger partial charge in [0.25, 0.3) is 0 Å². The second-order valence-corrected chi connectivity index (χ2v) is 32.9. The van der Waals surface area contributed by atoms with Gasteiger partial charge in [-0.15, -0.1) is 0 Å². The first-order valence-corrected chi connectivity index (χ1v) is 45.6. The lowest BCUT2D eigenvalue weighted by atomic mass is 10.0. The maximum atomic E-state index is 13.1. The molecule has 3 N–H and O–H groups in total. The Morgan fingerprint density at radius 3 is 0.673 bits per heavy atom. The van der Waals surface area contributed by atoms with Gasteiger partial charge in [-0.1, -0.05) is 388 Å². The highest BCUT2D eigenvalue weighted by molar-refractivity contribution is 7.47. The van der Waals surface area contributed by atoms with Crippen LogP contribution in [0.1, 0.15) is 439 Å². The van der Waals surface area contributed by atoms with Crippen molar-refractivity contribution in [2.75, 3.05) is 39.6 Å². The molecule has 0 aliphatic carbocycles. The minimum atomic E-state index is -4.96. The van der Waals surface area contributed by atoms with Gasteiger partial charge < -0.3 is 33.8 Å². The van der Waals surface area contributed by atoms with Crippen molar-refractivity contribution in [2.24, 2.45) is 5.92 Å². The lowest BCUT2D eigenvalue weighted by Gasteiger charge is -2.21. The molecule has 0 aromatic heterocycles. The van der Waals surface area contributed by atoms with Crippen molar-refractivity contribution in [3.63, 3.8) is 0 Å². The zero-order chi connectivity index (χ0) is 74.1. The van der Waals surface area contributed by atoms with Crippen molar-refractivity contribution in [3.05, 3.63) is 0 Å². The zero-order valence-corrected chi connectivity index (χ0v) is 67.8. The molecule has 0 saturated heterocycles. The summed E-state index contributed by atoms with van der Waals surface area (Å²) in [6, 6.07) is 0. The molecule has 0 aliphatic heterocycles. The van der Waals surface area contributed by atoms with Crippen LogP contribution in [0.5, 0.6) is 0 Å². The Kier molecular flexibility index (Phi) is 73.5. The van der Waals surface area contributed by atoms with Gasteiger partial charge in [0.15, 0.2) is 12.2 Å². The molecule has 2 unspecified atom stereocenters. The van der Waals surface area contributed by atoms with Crippen molar-refractivity contribution in [3.8, 4) is 0 Å². The second kappa shape index (κ2) is 74.9. The topological polar surface area (TPSA) is 237 Å². The number of hydrogen-bond acceptors (Lipinski definition) is 15. The third-order valence-corrected chi connectivity index (χ3v) is 21.2. The Morgan fingerprint density at radius 2 is 0.455 bits per heavy atom. The van der Waals surface area contributed by atoms with E-state index in [0.717, 1.165) is 109 Å². The average Bonchev–Trinajstić information content (AvgIpc) is 0.919. The molecule has 19 heteroatoms. The maximum Gasteiger partial charge on any atom is 0.472 e. The molecule has 0 saturated carbocycles. The molecule has 5 atom stereocenters. The van der Waals surface area contributed by atoms with Crippen LogP contribution >= 0.6 is 15.6 Å². The van der Waals surface area contributed by atoms with E-state index in [-0.39, 0.29) is 25.7 Å². The molecule has 0 rings (SSSR count). The van der Waals surface area contributed by atoms with Crippen LogP contribution in [-0.4, -0.2) is 96.7 Å². The van der Waals surface area contributed by atoms with Gasteiger partial charge >= 0.3 is 39.5 Å². The van der Waals surface area contributed by atoms with E-state index >= 15 is 0 Å². The van der Waals surface area contributed by atoms with E-state index in [1.165, 1.54) is 250 Å². The van der Waals surface area contributed by atoms with E-state index in [9.17, 15) is 43.2 Å². The fraction of sp³-hybridized carbons (Fsp3) is 0.951. The van der Waals surface area contributed by atoms with E-state index in [1.807, 2.05) is 0 Å². The lowest BCUT2D eigenvalue weighted by molar-refractivity contribution is -0.161. The van der Waals surface area contributed by atoms with Gasteiger partial charge in [0, 0.05) is 25.7 Å². The van der Waals surface area contributed by atoms with Crippen LogP contribution in [0.4, 0.5) is 0 Å². The van der Waals surface area contributed by atoms with Crippen LogP contribution in [0, 0.1) is 5.92 Å². The van der Waals surface area contributed by atoms with Gasteiger partial charge in [0.2, 0.25) is 0 Å². The summed E-state index contributed by atoms with van der Waals surface area (Å²) >= 11 is 0. The molecular weight excluding hydrogens is 1320 g/mol. The Balaban J connectivity index is 5.17. The smallest absolute Gasteiger partial charge is 0.462 e. The van der Waals surface area contributed by atoms with Crippen LogP contribution in [0.15, 0.2) is 0 Å². The largest absolute Gasteiger partial charge is 0.472 e. The first kappa shape index (κ1) is 99.1. The van der Waals surface area contributed by atoms with Gasteiger partial charge in [-0.25, -0.2) is 9.13 Å². The number of aliphatic hydroxyl groups excluding tert-OH is 1. The molecule has 600 valence electrons. The van der Waals surface area contributed by atoms with Gasteiger partial charge in [0.05, 0.1) is 26.4 Å².